The number of hydrogen-bond donors (Lipinski definition) is 1. The Morgan fingerprint density at radius 1 is 0.711 bits per heavy atom. The Kier molecular flexibility index (Phi) is 5.40. The van der Waals surface area contributed by atoms with E-state index in [1.54, 1.807) is 0 Å². The fourth-order valence-electron chi connectivity index (χ4n) is 9.15. The van der Waals surface area contributed by atoms with Gasteiger partial charge in [0.15, 0.2) is 0 Å². The third kappa shape index (κ3) is 3.49. The fraction of sp³-hybridized carbons (Fsp3) is 0.441. The molecule has 0 radical (unpaired) electrons. The van der Waals surface area contributed by atoms with E-state index in [9.17, 15) is 5.11 Å². The van der Waals surface area contributed by atoms with Crippen LogP contribution in [0.15, 0.2) is 72.8 Å². The summed E-state index contributed by atoms with van der Waals surface area (Å²) in [5.74, 6) is 6.64. The van der Waals surface area contributed by atoms with Crippen molar-refractivity contribution in [2.45, 2.75) is 44.4 Å². The number of phenolic OH excluding ortho intramolecular Hbond substituents is 1. The molecule has 0 spiro atoms. The first-order chi connectivity index (χ1) is 18.8. The predicted octanol–water partition coefficient (Wildman–Crippen LogP) is 7.59. The number of hydrogen-bond acceptors (Lipinski definition) is 3. The summed E-state index contributed by atoms with van der Waals surface area (Å²) in [5.41, 5.74) is 5.00. The van der Waals surface area contributed by atoms with Gasteiger partial charge in [-0.1, -0.05) is 54.6 Å². The van der Waals surface area contributed by atoms with Gasteiger partial charge < -0.3 is 9.84 Å². The number of aromatic nitrogens is 2. The van der Waals surface area contributed by atoms with Crippen LogP contribution in [-0.4, -0.2) is 27.9 Å². The molecule has 4 nitrogen and oxygen atoms in total. The van der Waals surface area contributed by atoms with E-state index >= 15 is 0 Å². The third-order valence-corrected chi connectivity index (χ3v) is 10.6. The van der Waals surface area contributed by atoms with E-state index in [1.807, 2.05) is 12.1 Å². The zero-order valence-corrected chi connectivity index (χ0v) is 21.9. The summed E-state index contributed by atoms with van der Waals surface area (Å²) >= 11 is 0. The van der Waals surface area contributed by atoms with Gasteiger partial charge in [-0.25, -0.2) is 4.98 Å². The monoisotopic (exact) mass is 504 g/mol. The van der Waals surface area contributed by atoms with Gasteiger partial charge in [0.1, 0.15) is 11.6 Å². The Hall–Kier alpha value is -3.11. The molecule has 4 unspecified atom stereocenters. The van der Waals surface area contributed by atoms with E-state index in [-0.39, 0.29) is 0 Å². The van der Waals surface area contributed by atoms with Crippen molar-refractivity contribution in [2.75, 3.05) is 13.2 Å². The molecule has 38 heavy (non-hydrogen) atoms. The van der Waals surface area contributed by atoms with E-state index in [0.717, 1.165) is 82.4 Å². The molecule has 4 heteroatoms. The molecule has 8 rings (SSSR count). The molecule has 1 aromatic heterocycles. The van der Waals surface area contributed by atoms with Crippen molar-refractivity contribution in [1.82, 2.24) is 9.55 Å². The lowest BCUT2D eigenvalue weighted by Crippen LogP contribution is -2.53. The Morgan fingerprint density at radius 3 is 2.13 bits per heavy atom. The Labute approximate surface area is 224 Å². The zero-order chi connectivity index (χ0) is 25.2. The van der Waals surface area contributed by atoms with Crippen molar-refractivity contribution in [2.24, 2.45) is 35.5 Å². The molecule has 4 aromatic rings. The van der Waals surface area contributed by atoms with Crippen molar-refractivity contribution >= 4 is 11.0 Å². The van der Waals surface area contributed by atoms with Crippen LogP contribution in [0.25, 0.3) is 28.1 Å². The number of phenols is 1. The summed E-state index contributed by atoms with van der Waals surface area (Å²) in [7, 11) is 0. The number of imidazole rings is 1. The highest BCUT2D eigenvalue weighted by molar-refractivity contribution is 5.84. The molecule has 3 aromatic carbocycles. The molecule has 3 aliphatic carbocycles. The van der Waals surface area contributed by atoms with Crippen molar-refractivity contribution < 1.29 is 9.84 Å². The molecule has 2 heterocycles. The van der Waals surface area contributed by atoms with E-state index < -0.39 is 0 Å². The van der Waals surface area contributed by atoms with Crippen molar-refractivity contribution in [1.29, 1.82) is 0 Å². The quantitative estimate of drug-likeness (QED) is 0.313. The average Bonchev–Trinajstić information content (AvgIpc) is 3.36. The van der Waals surface area contributed by atoms with Gasteiger partial charge in [-0.05, 0) is 104 Å². The second kappa shape index (κ2) is 8.98. The van der Waals surface area contributed by atoms with Crippen molar-refractivity contribution in [3.63, 3.8) is 0 Å². The van der Waals surface area contributed by atoms with E-state index in [0.29, 0.717) is 11.7 Å². The minimum atomic E-state index is 0.420. The molecule has 4 fully saturated rings. The maximum absolute atomic E-state index is 11.9. The molecule has 4 aliphatic rings. The first-order valence-corrected chi connectivity index (χ1v) is 14.7. The average molecular weight is 505 g/mol. The number of para-hydroxylation sites is 3. The first kappa shape index (κ1) is 22.8. The van der Waals surface area contributed by atoms with Gasteiger partial charge in [0.05, 0.1) is 16.7 Å². The van der Waals surface area contributed by atoms with Crippen LogP contribution in [0.4, 0.5) is 0 Å². The fourth-order valence-corrected chi connectivity index (χ4v) is 9.15. The van der Waals surface area contributed by atoms with Gasteiger partial charge in [-0.3, -0.25) is 4.57 Å². The summed E-state index contributed by atoms with van der Waals surface area (Å²) < 4.78 is 8.19. The lowest BCUT2D eigenvalue weighted by molar-refractivity contribution is -0.137. The molecular weight excluding hydrogens is 468 g/mol. The topological polar surface area (TPSA) is 47.3 Å². The zero-order valence-electron chi connectivity index (χ0n) is 21.9. The standard InChI is InChI=1S/C34H36N2O2/c37-33-27(26-17-22-13-15-24-19-38-20-25-16-14-23(18-26)31(22)32(24)25)9-6-12-30(33)36-29-11-5-4-10-28(29)35-34(36)21-7-2-1-3-8-21/h1-12,22-26,31-32,37H,13-20H2. The van der Waals surface area contributed by atoms with Gasteiger partial charge in [0.25, 0.3) is 0 Å². The lowest BCUT2D eigenvalue weighted by Gasteiger charge is -2.58. The molecule has 1 N–H and O–H groups in total. The number of aromatic hydroxyl groups is 1. The summed E-state index contributed by atoms with van der Waals surface area (Å²) in [6.45, 7) is 1.98. The molecule has 3 saturated carbocycles. The summed E-state index contributed by atoms with van der Waals surface area (Å²) in [5, 5.41) is 11.9. The van der Waals surface area contributed by atoms with Gasteiger partial charge in [-0.2, -0.15) is 0 Å². The molecule has 4 atom stereocenters. The second-order valence-corrected chi connectivity index (χ2v) is 12.4. The van der Waals surface area contributed by atoms with Gasteiger partial charge >= 0.3 is 0 Å². The number of fused-ring (bicyclic) bond motifs is 1. The third-order valence-electron chi connectivity index (χ3n) is 10.6. The van der Waals surface area contributed by atoms with Crippen LogP contribution in [-0.2, 0) is 4.74 Å². The van der Waals surface area contributed by atoms with Crippen LogP contribution in [0.2, 0.25) is 0 Å². The Bertz CT molecular complexity index is 1450. The highest BCUT2D eigenvalue weighted by atomic mass is 16.5. The predicted molar refractivity (Wildman–Crippen MR) is 150 cm³/mol. The van der Waals surface area contributed by atoms with Crippen molar-refractivity contribution in [3.8, 4) is 22.8 Å². The number of ether oxygens (including phenoxy) is 1. The first-order valence-electron chi connectivity index (χ1n) is 14.7. The highest BCUT2D eigenvalue weighted by Gasteiger charge is 2.53. The molecule has 1 saturated heterocycles. The Balaban J connectivity index is 1.19. The molecular formula is C34H36N2O2. The van der Waals surface area contributed by atoms with Crippen LogP contribution in [0, 0.1) is 35.5 Å². The highest BCUT2D eigenvalue weighted by Crippen LogP contribution is 2.60. The number of benzene rings is 3. The number of rotatable bonds is 3. The summed E-state index contributed by atoms with van der Waals surface area (Å²) in [6.07, 6.45) is 7.75. The van der Waals surface area contributed by atoms with Crippen LogP contribution in [0.1, 0.15) is 50.0 Å². The van der Waals surface area contributed by atoms with Gasteiger partial charge in [0, 0.05) is 18.8 Å². The number of nitrogens with zero attached hydrogens (tertiary/aromatic N) is 2. The molecule has 0 bridgehead atoms. The van der Waals surface area contributed by atoms with Crippen molar-refractivity contribution in [3.05, 3.63) is 78.4 Å². The van der Waals surface area contributed by atoms with Gasteiger partial charge in [-0.15, -0.1) is 0 Å². The summed E-state index contributed by atoms with van der Waals surface area (Å²) in [4.78, 5) is 5.01. The van der Waals surface area contributed by atoms with E-state index in [2.05, 4.69) is 65.2 Å². The van der Waals surface area contributed by atoms with E-state index in [1.165, 1.54) is 38.5 Å². The summed E-state index contributed by atoms with van der Waals surface area (Å²) in [6, 6.07) is 25.0. The molecule has 194 valence electrons. The normalized spacial score (nSPS) is 32.2. The van der Waals surface area contributed by atoms with Crippen LogP contribution in [0.3, 0.4) is 0 Å². The van der Waals surface area contributed by atoms with Gasteiger partial charge in [0.2, 0.25) is 0 Å². The maximum atomic E-state index is 11.9. The van der Waals surface area contributed by atoms with Crippen LogP contribution in [0.5, 0.6) is 5.75 Å². The smallest absolute Gasteiger partial charge is 0.145 e. The molecule has 1 aliphatic heterocycles. The van der Waals surface area contributed by atoms with Crippen LogP contribution < -0.4 is 0 Å². The largest absolute Gasteiger partial charge is 0.505 e. The second-order valence-electron chi connectivity index (χ2n) is 12.4. The maximum Gasteiger partial charge on any atom is 0.145 e. The SMILES string of the molecule is Oc1c(C2CC3CCC4COCC5CCC(C2)C3C45)cccc1-n1c(-c2ccccc2)nc2ccccc21. The minimum absolute atomic E-state index is 0.420. The van der Waals surface area contributed by atoms with Crippen LogP contribution >= 0.6 is 0 Å². The minimum Gasteiger partial charge on any atom is -0.505 e. The lowest BCUT2D eigenvalue weighted by atomic mass is 9.49. The molecule has 0 amide bonds. The van der Waals surface area contributed by atoms with E-state index in [4.69, 9.17) is 9.72 Å². The Morgan fingerprint density at radius 2 is 1.37 bits per heavy atom.